The predicted molar refractivity (Wildman–Crippen MR) is 72.4 cm³/mol. The smallest absolute Gasteiger partial charge is 0.274 e. The summed E-state index contributed by atoms with van der Waals surface area (Å²) in [4.78, 5) is 22.0. The second-order valence-electron chi connectivity index (χ2n) is 5.09. The normalized spacial score (nSPS) is 21.1. The fraction of sp³-hybridized carbons (Fsp3) is 0.583. The van der Waals surface area contributed by atoms with Gasteiger partial charge in [0.25, 0.3) is 5.91 Å². The van der Waals surface area contributed by atoms with E-state index in [1.54, 1.807) is 4.90 Å². The Morgan fingerprint density at radius 2 is 2.26 bits per heavy atom. The minimum atomic E-state index is -0.683. The Morgan fingerprint density at radius 3 is 2.84 bits per heavy atom. The van der Waals surface area contributed by atoms with Crippen LogP contribution in [0.1, 0.15) is 23.3 Å². The topological polar surface area (TPSA) is 66.3 Å². The Kier molecular flexibility index (Phi) is 3.19. The predicted octanol–water partition coefficient (Wildman–Crippen LogP) is 1.45. The molecule has 19 heavy (non-hydrogen) atoms. The lowest BCUT2D eigenvalue weighted by molar-refractivity contribution is -0.0959. The summed E-state index contributed by atoms with van der Waals surface area (Å²) < 4.78 is 0. The highest BCUT2D eigenvalue weighted by Gasteiger charge is 2.53. The van der Waals surface area contributed by atoms with E-state index in [1.807, 2.05) is 6.26 Å². The number of carbonyl (C=O) groups excluding carboxylic acids is 1. The van der Waals surface area contributed by atoms with Crippen molar-refractivity contribution in [3.05, 3.63) is 16.9 Å². The van der Waals surface area contributed by atoms with Crippen LogP contribution in [0.2, 0.25) is 5.02 Å². The molecule has 1 aliphatic heterocycles. The van der Waals surface area contributed by atoms with E-state index in [4.69, 9.17) is 11.6 Å². The summed E-state index contributed by atoms with van der Waals surface area (Å²) >= 11 is 7.34. The van der Waals surface area contributed by atoms with Crippen molar-refractivity contribution in [2.75, 3.05) is 19.3 Å². The Labute approximate surface area is 120 Å². The van der Waals surface area contributed by atoms with Crippen molar-refractivity contribution in [1.82, 2.24) is 14.9 Å². The average Bonchev–Trinajstić information content (AvgIpc) is 3.19. The molecule has 1 aromatic rings. The lowest BCUT2D eigenvalue weighted by Crippen LogP contribution is -2.64. The summed E-state index contributed by atoms with van der Waals surface area (Å²) in [6.07, 6.45) is 5.40. The molecular weight excluding hydrogens is 286 g/mol. The Morgan fingerprint density at radius 1 is 1.58 bits per heavy atom. The van der Waals surface area contributed by atoms with Gasteiger partial charge in [0.05, 0.1) is 24.3 Å². The second kappa shape index (κ2) is 4.61. The van der Waals surface area contributed by atoms with E-state index in [-0.39, 0.29) is 16.6 Å². The van der Waals surface area contributed by atoms with Crippen LogP contribution < -0.4 is 0 Å². The summed E-state index contributed by atoms with van der Waals surface area (Å²) in [5.74, 6) is 0.132. The molecular formula is C12H14ClN3O2S. The zero-order valence-electron chi connectivity index (χ0n) is 10.5. The Bertz CT molecular complexity index is 530. The lowest BCUT2D eigenvalue weighted by atomic mass is 9.88. The third-order valence-electron chi connectivity index (χ3n) is 3.66. The molecule has 0 unspecified atom stereocenters. The van der Waals surface area contributed by atoms with Gasteiger partial charge in [-0.2, -0.15) is 0 Å². The molecule has 2 fully saturated rings. The lowest BCUT2D eigenvalue weighted by Gasteiger charge is -2.46. The molecule has 1 saturated carbocycles. The van der Waals surface area contributed by atoms with Crippen LogP contribution in [0.3, 0.4) is 0 Å². The highest BCUT2D eigenvalue weighted by atomic mass is 35.5. The molecule has 0 bridgehead atoms. The van der Waals surface area contributed by atoms with E-state index in [1.165, 1.54) is 18.0 Å². The molecule has 2 heterocycles. The fourth-order valence-corrected chi connectivity index (χ4v) is 2.90. The summed E-state index contributed by atoms with van der Waals surface area (Å²) in [5.41, 5.74) is -0.462. The van der Waals surface area contributed by atoms with Crippen LogP contribution in [-0.2, 0) is 0 Å². The van der Waals surface area contributed by atoms with Gasteiger partial charge in [0.1, 0.15) is 5.60 Å². The van der Waals surface area contributed by atoms with Crippen molar-refractivity contribution in [3.8, 4) is 0 Å². The van der Waals surface area contributed by atoms with Crippen LogP contribution in [-0.4, -0.2) is 50.8 Å². The number of hydrogen-bond acceptors (Lipinski definition) is 5. The number of thioether (sulfide) groups is 1. The van der Waals surface area contributed by atoms with Gasteiger partial charge in [0.2, 0.25) is 0 Å². The molecule has 5 nitrogen and oxygen atoms in total. The largest absolute Gasteiger partial charge is 0.386 e. The maximum Gasteiger partial charge on any atom is 0.274 e. The molecule has 0 aromatic carbocycles. The maximum atomic E-state index is 12.3. The third-order valence-corrected chi connectivity index (χ3v) is 4.50. The minimum Gasteiger partial charge on any atom is -0.386 e. The van der Waals surface area contributed by atoms with Crippen LogP contribution >= 0.6 is 23.4 Å². The molecule has 1 N–H and O–H groups in total. The van der Waals surface area contributed by atoms with Crippen molar-refractivity contribution in [2.24, 2.45) is 5.92 Å². The van der Waals surface area contributed by atoms with E-state index in [9.17, 15) is 9.90 Å². The first-order chi connectivity index (χ1) is 9.03. The van der Waals surface area contributed by atoms with E-state index in [2.05, 4.69) is 9.97 Å². The number of nitrogens with zero attached hydrogens (tertiary/aromatic N) is 3. The quantitative estimate of drug-likeness (QED) is 0.676. The van der Waals surface area contributed by atoms with Gasteiger partial charge in [0.15, 0.2) is 10.9 Å². The number of likely N-dealkylation sites (tertiary alicyclic amines) is 1. The number of rotatable bonds is 3. The fourth-order valence-electron chi connectivity index (χ4n) is 2.39. The number of amides is 1. The summed E-state index contributed by atoms with van der Waals surface area (Å²) in [5, 5.41) is 11.0. The molecule has 3 rings (SSSR count). The van der Waals surface area contributed by atoms with E-state index in [0.29, 0.717) is 24.2 Å². The second-order valence-corrected chi connectivity index (χ2v) is 6.27. The van der Waals surface area contributed by atoms with Crippen molar-refractivity contribution < 1.29 is 9.90 Å². The molecule has 102 valence electrons. The zero-order chi connectivity index (χ0) is 13.6. The molecule has 2 aliphatic rings. The minimum absolute atomic E-state index is 0.221. The Hall–Kier alpha value is -0.850. The SMILES string of the molecule is CSc1ncc(Cl)c(C(=O)N2CC(O)(C3CC3)C2)n1. The van der Waals surface area contributed by atoms with Gasteiger partial charge in [-0.15, -0.1) is 0 Å². The number of aliphatic hydroxyl groups is 1. The zero-order valence-corrected chi connectivity index (χ0v) is 12.0. The van der Waals surface area contributed by atoms with Gasteiger partial charge in [-0.1, -0.05) is 23.4 Å². The summed E-state index contributed by atoms with van der Waals surface area (Å²) in [6, 6.07) is 0. The molecule has 1 aromatic heterocycles. The van der Waals surface area contributed by atoms with Crippen molar-refractivity contribution >= 4 is 29.3 Å². The monoisotopic (exact) mass is 299 g/mol. The standard InChI is InChI=1S/C12H14ClN3O2S/c1-19-11-14-4-8(13)9(15-11)10(17)16-5-12(18,6-16)7-2-3-7/h4,7,18H,2-3,5-6H2,1H3. The summed E-state index contributed by atoms with van der Waals surface area (Å²) in [6.45, 7) is 0.761. The maximum absolute atomic E-state index is 12.3. The first-order valence-electron chi connectivity index (χ1n) is 6.12. The molecule has 0 radical (unpaired) electrons. The number of halogens is 1. The van der Waals surface area contributed by atoms with Crippen LogP contribution in [0, 0.1) is 5.92 Å². The molecule has 1 saturated heterocycles. The molecule has 1 aliphatic carbocycles. The first-order valence-corrected chi connectivity index (χ1v) is 7.72. The van der Waals surface area contributed by atoms with Crippen LogP contribution in [0.5, 0.6) is 0 Å². The third kappa shape index (κ3) is 2.32. The van der Waals surface area contributed by atoms with Crippen molar-refractivity contribution in [2.45, 2.75) is 23.6 Å². The number of aromatic nitrogens is 2. The van der Waals surface area contributed by atoms with Crippen molar-refractivity contribution in [1.29, 1.82) is 0 Å². The van der Waals surface area contributed by atoms with Crippen LogP contribution in [0.15, 0.2) is 11.4 Å². The van der Waals surface area contributed by atoms with E-state index >= 15 is 0 Å². The van der Waals surface area contributed by atoms with Gasteiger partial charge in [0, 0.05) is 0 Å². The number of β-amino-alcohol motifs (C(OH)–C–C–N with tert-alkyl or cyclic N) is 1. The van der Waals surface area contributed by atoms with Gasteiger partial charge < -0.3 is 10.0 Å². The van der Waals surface area contributed by atoms with Crippen LogP contribution in [0.25, 0.3) is 0 Å². The van der Waals surface area contributed by atoms with Crippen LogP contribution in [0.4, 0.5) is 0 Å². The molecule has 0 atom stereocenters. The van der Waals surface area contributed by atoms with E-state index in [0.717, 1.165) is 12.8 Å². The van der Waals surface area contributed by atoms with Gasteiger partial charge >= 0.3 is 0 Å². The highest BCUT2D eigenvalue weighted by molar-refractivity contribution is 7.98. The van der Waals surface area contributed by atoms with Gasteiger partial charge in [-0.3, -0.25) is 4.79 Å². The number of hydrogen-bond donors (Lipinski definition) is 1. The van der Waals surface area contributed by atoms with Gasteiger partial charge in [-0.25, -0.2) is 9.97 Å². The number of carbonyl (C=O) groups is 1. The molecule has 0 spiro atoms. The first kappa shape index (κ1) is 13.1. The highest BCUT2D eigenvalue weighted by Crippen LogP contribution is 2.44. The summed E-state index contributed by atoms with van der Waals surface area (Å²) in [7, 11) is 0. The van der Waals surface area contributed by atoms with Crippen molar-refractivity contribution in [3.63, 3.8) is 0 Å². The van der Waals surface area contributed by atoms with Gasteiger partial charge in [-0.05, 0) is 25.0 Å². The molecule has 1 amide bonds. The average molecular weight is 300 g/mol. The van der Waals surface area contributed by atoms with E-state index < -0.39 is 5.60 Å². The molecule has 7 heteroatoms. The Balaban J connectivity index is 1.74.